The molecule has 1 atom stereocenters. The molecular formula is C10H18N2O. The van der Waals surface area contributed by atoms with Crippen LogP contribution in [0.1, 0.15) is 45.6 Å². The van der Waals surface area contributed by atoms with Gasteiger partial charge in [0.15, 0.2) is 0 Å². The van der Waals surface area contributed by atoms with Crippen molar-refractivity contribution in [2.24, 2.45) is 0 Å². The molecule has 0 saturated carbocycles. The van der Waals surface area contributed by atoms with Crippen molar-refractivity contribution in [3.8, 4) is 0 Å². The topological polar surface area (TPSA) is 37.8 Å². The van der Waals surface area contributed by atoms with Gasteiger partial charge in [-0.15, -0.1) is 0 Å². The maximum Gasteiger partial charge on any atom is 0.325 e. The number of rotatable bonds is 5. The first kappa shape index (κ1) is 10.1. The van der Waals surface area contributed by atoms with Gasteiger partial charge in [-0.2, -0.15) is 0 Å². The minimum absolute atomic E-state index is 0.00370. The highest BCUT2D eigenvalue weighted by Crippen LogP contribution is 2.12. The Bertz CT molecular complexity index is 287. The van der Waals surface area contributed by atoms with E-state index in [1.54, 1.807) is 10.8 Å². The first-order valence-electron chi connectivity index (χ1n) is 5.01. The molecule has 0 aliphatic rings. The number of aromatic nitrogens is 2. The van der Waals surface area contributed by atoms with E-state index in [0.29, 0.717) is 6.04 Å². The molecule has 74 valence electrons. The highest BCUT2D eigenvalue weighted by molar-refractivity contribution is 4.79. The second kappa shape index (κ2) is 4.90. The maximum absolute atomic E-state index is 11.2. The Morgan fingerprint density at radius 2 is 2.31 bits per heavy atom. The summed E-state index contributed by atoms with van der Waals surface area (Å²) in [6.07, 6.45) is 8.29. The Kier molecular flexibility index (Phi) is 3.80. The fourth-order valence-corrected chi connectivity index (χ4v) is 1.51. The smallest absolute Gasteiger partial charge is 0.313 e. The van der Waals surface area contributed by atoms with Gasteiger partial charge in [0.25, 0.3) is 0 Å². The zero-order valence-electron chi connectivity index (χ0n) is 8.42. The van der Waals surface area contributed by atoms with Crippen LogP contribution in [0.2, 0.25) is 0 Å². The van der Waals surface area contributed by atoms with E-state index in [1.807, 2.05) is 6.20 Å². The van der Waals surface area contributed by atoms with E-state index >= 15 is 0 Å². The lowest BCUT2D eigenvalue weighted by Crippen LogP contribution is -2.19. The Morgan fingerprint density at radius 3 is 2.85 bits per heavy atom. The monoisotopic (exact) mass is 182 g/mol. The van der Waals surface area contributed by atoms with Crippen molar-refractivity contribution in [3.63, 3.8) is 0 Å². The van der Waals surface area contributed by atoms with Crippen molar-refractivity contribution >= 4 is 0 Å². The number of nitrogens with one attached hydrogen (secondary N) is 1. The second-order valence-corrected chi connectivity index (χ2v) is 3.52. The molecule has 1 N–H and O–H groups in total. The fourth-order valence-electron chi connectivity index (χ4n) is 1.51. The quantitative estimate of drug-likeness (QED) is 0.697. The fraction of sp³-hybridized carbons (Fsp3) is 0.700. The minimum Gasteiger partial charge on any atom is -0.313 e. The number of imidazole rings is 1. The van der Waals surface area contributed by atoms with E-state index in [1.165, 1.54) is 19.3 Å². The van der Waals surface area contributed by atoms with E-state index in [9.17, 15) is 4.79 Å². The predicted octanol–water partition coefficient (Wildman–Crippen LogP) is 2.32. The lowest BCUT2D eigenvalue weighted by atomic mass is 10.1. The molecule has 0 bridgehead atoms. The van der Waals surface area contributed by atoms with Crippen LogP contribution in [0, 0.1) is 0 Å². The molecule has 0 fully saturated rings. The van der Waals surface area contributed by atoms with Gasteiger partial charge in [-0.3, -0.25) is 4.57 Å². The summed E-state index contributed by atoms with van der Waals surface area (Å²) in [6.45, 7) is 4.28. The third-order valence-corrected chi connectivity index (χ3v) is 2.38. The van der Waals surface area contributed by atoms with Crippen molar-refractivity contribution in [1.29, 1.82) is 0 Å². The average molecular weight is 182 g/mol. The molecule has 0 radical (unpaired) electrons. The summed E-state index contributed by atoms with van der Waals surface area (Å²) in [4.78, 5) is 13.8. The first-order valence-corrected chi connectivity index (χ1v) is 5.01. The molecule has 0 aliphatic heterocycles. The van der Waals surface area contributed by atoms with Gasteiger partial charge in [0, 0.05) is 18.4 Å². The number of H-pyrrole nitrogens is 1. The molecule has 3 nitrogen and oxygen atoms in total. The molecule has 0 aliphatic carbocycles. The van der Waals surface area contributed by atoms with Gasteiger partial charge in [0.2, 0.25) is 0 Å². The summed E-state index contributed by atoms with van der Waals surface area (Å²) in [5, 5.41) is 0. The van der Waals surface area contributed by atoms with E-state index in [0.717, 1.165) is 6.42 Å². The summed E-state index contributed by atoms with van der Waals surface area (Å²) in [7, 11) is 0. The summed E-state index contributed by atoms with van der Waals surface area (Å²) < 4.78 is 1.76. The lowest BCUT2D eigenvalue weighted by Gasteiger charge is -2.10. The Balaban J connectivity index is 2.44. The maximum atomic E-state index is 11.2. The van der Waals surface area contributed by atoms with Gasteiger partial charge in [-0.25, -0.2) is 4.79 Å². The van der Waals surface area contributed by atoms with Crippen molar-refractivity contribution in [2.45, 2.75) is 45.6 Å². The van der Waals surface area contributed by atoms with Crippen molar-refractivity contribution in [3.05, 3.63) is 22.9 Å². The standard InChI is InChI=1S/C10H18N2O/c1-3-4-5-6-9(2)12-8-7-11-10(12)13/h7-9H,3-6H2,1-2H3,(H,11,13). The Hall–Kier alpha value is -0.990. The number of unbranched alkanes of at least 4 members (excludes halogenated alkanes) is 2. The third kappa shape index (κ3) is 2.76. The number of nitrogens with zero attached hydrogens (tertiary/aromatic N) is 1. The molecule has 1 unspecified atom stereocenters. The number of hydrogen-bond acceptors (Lipinski definition) is 1. The first-order chi connectivity index (χ1) is 6.25. The second-order valence-electron chi connectivity index (χ2n) is 3.52. The Morgan fingerprint density at radius 1 is 1.54 bits per heavy atom. The summed E-state index contributed by atoms with van der Waals surface area (Å²) in [6, 6.07) is 0.324. The minimum atomic E-state index is 0.00370. The van der Waals surface area contributed by atoms with Crippen LogP contribution in [0.5, 0.6) is 0 Å². The van der Waals surface area contributed by atoms with Crippen LogP contribution in [-0.4, -0.2) is 9.55 Å². The molecule has 0 aromatic carbocycles. The molecule has 13 heavy (non-hydrogen) atoms. The normalized spacial score (nSPS) is 13.1. The van der Waals surface area contributed by atoms with Crippen LogP contribution < -0.4 is 5.69 Å². The molecule has 1 heterocycles. The highest BCUT2D eigenvalue weighted by Gasteiger charge is 2.05. The van der Waals surface area contributed by atoms with Crippen LogP contribution in [-0.2, 0) is 0 Å². The number of aromatic amines is 1. The van der Waals surface area contributed by atoms with Crippen molar-refractivity contribution in [2.75, 3.05) is 0 Å². The van der Waals surface area contributed by atoms with Crippen LogP contribution >= 0.6 is 0 Å². The van der Waals surface area contributed by atoms with E-state index in [4.69, 9.17) is 0 Å². The molecular weight excluding hydrogens is 164 g/mol. The summed E-state index contributed by atoms with van der Waals surface area (Å²) in [5.74, 6) is 0. The zero-order chi connectivity index (χ0) is 9.68. The summed E-state index contributed by atoms with van der Waals surface area (Å²) in [5.41, 5.74) is 0.00370. The van der Waals surface area contributed by atoms with E-state index in [-0.39, 0.29) is 5.69 Å². The van der Waals surface area contributed by atoms with Crippen LogP contribution in [0.15, 0.2) is 17.2 Å². The van der Waals surface area contributed by atoms with Crippen LogP contribution in [0.3, 0.4) is 0 Å². The van der Waals surface area contributed by atoms with Crippen molar-refractivity contribution in [1.82, 2.24) is 9.55 Å². The van der Waals surface area contributed by atoms with Crippen molar-refractivity contribution < 1.29 is 0 Å². The summed E-state index contributed by atoms with van der Waals surface area (Å²) >= 11 is 0. The van der Waals surface area contributed by atoms with Gasteiger partial charge in [0.05, 0.1) is 0 Å². The molecule has 1 rings (SSSR count). The molecule has 3 heteroatoms. The van der Waals surface area contributed by atoms with Gasteiger partial charge < -0.3 is 4.98 Å². The van der Waals surface area contributed by atoms with Crippen LogP contribution in [0.25, 0.3) is 0 Å². The lowest BCUT2D eigenvalue weighted by molar-refractivity contribution is 0.467. The van der Waals surface area contributed by atoms with E-state index < -0.39 is 0 Å². The molecule has 0 saturated heterocycles. The molecule has 0 spiro atoms. The highest BCUT2D eigenvalue weighted by atomic mass is 16.1. The molecule has 0 amide bonds. The predicted molar refractivity (Wildman–Crippen MR) is 53.9 cm³/mol. The van der Waals surface area contributed by atoms with Gasteiger partial charge in [-0.05, 0) is 13.3 Å². The average Bonchev–Trinajstić information content (AvgIpc) is 2.52. The Labute approximate surface area is 78.8 Å². The number of hydrogen-bond donors (Lipinski definition) is 1. The van der Waals surface area contributed by atoms with E-state index in [2.05, 4.69) is 18.8 Å². The molecule has 1 aromatic heterocycles. The van der Waals surface area contributed by atoms with Gasteiger partial charge in [0.1, 0.15) is 0 Å². The zero-order valence-corrected chi connectivity index (χ0v) is 8.42. The largest absolute Gasteiger partial charge is 0.325 e. The molecule has 1 aromatic rings. The SMILES string of the molecule is CCCCCC(C)n1cc[nH]c1=O. The third-order valence-electron chi connectivity index (χ3n) is 2.38. The van der Waals surface area contributed by atoms with Gasteiger partial charge >= 0.3 is 5.69 Å². The van der Waals surface area contributed by atoms with Gasteiger partial charge in [-0.1, -0.05) is 26.2 Å². The van der Waals surface area contributed by atoms with Crippen LogP contribution in [0.4, 0.5) is 0 Å².